The number of rotatable bonds is 3. The van der Waals surface area contributed by atoms with Crippen LogP contribution in [0.4, 0.5) is 4.39 Å². The quantitative estimate of drug-likeness (QED) is 0.725. The van der Waals surface area contributed by atoms with Crippen LogP contribution in [0.15, 0.2) is 0 Å². The van der Waals surface area contributed by atoms with Crippen molar-refractivity contribution in [1.29, 1.82) is 0 Å². The predicted molar refractivity (Wildman–Crippen MR) is 53.4 cm³/mol. The summed E-state index contributed by atoms with van der Waals surface area (Å²) in [6.45, 7) is 7.10. The molecule has 1 atom stereocenters. The highest BCUT2D eigenvalue weighted by Gasteiger charge is 2.32. The van der Waals surface area contributed by atoms with Crippen LogP contribution in [0.3, 0.4) is 0 Å². The van der Waals surface area contributed by atoms with Gasteiger partial charge >= 0.3 is 0 Å². The van der Waals surface area contributed by atoms with Gasteiger partial charge in [-0.05, 0) is 24.8 Å². The molecule has 1 aliphatic rings. The van der Waals surface area contributed by atoms with Gasteiger partial charge in [-0.3, -0.25) is 4.39 Å². The number of alkyl halides is 1. The van der Waals surface area contributed by atoms with Gasteiger partial charge in [-0.2, -0.15) is 0 Å². The van der Waals surface area contributed by atoms with Crippen LogP contribution in [0.2, 0.25) is 0 Å². The molecule has 0 amide bonds. The second kappa shape index (κ2) is 4.38. The number of hydrogen-bond donors (Lipinski definition) is 1. The molecule has 0 aromatic carbocycles. The van der Waals surface area contributed by atoms with Gasteiger partial charge in [-0.1, -0.05) is 13.8 Å². The second-order valence-corrected chi connectivity index (χ2v) is 4.70. The lowest BCUT2D eigenvalue weighted by molar-refractivity contribution is 0.0928. The summed E-state index contributed by atoms with van der Waals surface area (Å²) in [5.74, 6) is 0. The maximum Gasteiger partial charge on any atom is 0.0906 e. The second-order valence-electron chi connectivity index (χ2n) is 4.70. The number of halogens is 1. The van der Waals surface area contributed by atoms with E-state index in [0.29, 0.717) is 12.5 Å². The highest BCUT2D eigenvalue weighted by molar-refractivity contribution is 4.89. The smallest absolute Gasteiger partial charge is 0.0906 e. The SMILES string of the molecule is CC1(C)CN(CCCF)CCC1N. The zero-order chi connectivity index (χ0) is 9.90. The van der Waals surface area contributed by atoms with Crippen LogP contribution in [0.1, 0.15) is 26.7 Å². The van der Waals surface area contributed by atoms with E-state index in [1.165, 1.54) is 0 Å². The molecule has 1 unspecified atom stereocenters. The fraction of sp³-hybridized carbons (Fsp3) is 1.00. The van der Waals surface area contributed by atoms with Gasteiger partial charge < -0.3 is 10.6 Å². The molecule has 2 nitrogen and oxygen atoms in total. The molecule has 1 rings (SSSR count). The molecule has 13 heavy (non-hydrogen) atoms. The van der Waals surface area contributed by atoms with Crippen LogP contribution in [-0.2, 0) is 0 Å². The Morgan fingerprint density at radius 3 is 2.77 bits per heavy atom. The molecule has 3 heteroatoms. The zero-order valence-corrected chi connectivity index (χ0v) is 8.72. The third-order valence-electron chi connectivity index (χ3n) is 3.00. The van der Waals surface area contributed by atoms with E-state index in [2.05, 4.69) is 18.7 Å². The molecule has 1 heterocycles. The van der Waals surface area contributed by atoms with Crippen LogP contribution in [0, 0.1) is 5.41 Å². The normalized spacial score (nSPS) is 29.1. The van der Waals surface area contributed by atoms with Crippen LogP contribution < -0.4 is 5.73 Å². The van der Waals surface area contributed by atoms with Gasteiger partial charge in [0.2, 0.25) is 0 Å². The molecule has 78 valence electrons. The summed E-state index contributed by atoms with van der Waals surface area (Å²) in [6.07, 6.45) is 1.70. The van der Waals surface area contributed by atoms with Gasteiger partial charge in [-0.25, -0.2) is 0 Å². The van der Waals surface area contributed by atoms with E-state index in [4.69, 9.17) is 5.73 Å². The van der Waals surface area contributed by atoms with Gasteiger partial charge in [-0.15, -0.1) is 0 Å². The largest absolute Gasteiger partial charge is 0.327 e. The fourth-order valence-electron chi connectivity index (χ4n) is 1.96. The molecule has 1 aliphatic heterocycles. The minimum Gasteiger partial charge on any atom is -0.327 e. The monoisotopic (exact) mass is 188 g/mol. The molecule has 0 saturated carbocycles. The Morgan fingerprint density at radius 2 is 2.23 bits per heavy atom. The fourth-order valence-corrected chi connectivity index (χ4v) is 1.96. The van der Waals surface area contributed by atoms with Gasteiger partial charge in [0.15, 0.2) is 0 Å². The van der Waals surface area contributed by atoms with Crippen molar-refractivity contribution < 1.29 is 4.39 Å². The molecule has 0 bridgehead atoms. The van der Waals surface area contributed by atoms with Crippen LogP contribution in [0.25, 0.3) is 0 Å². The molecule has 0 aromatic rings. The molecule has 0 radical (unpaired) electrons. The van der Waals surface area contributed by atoms with Crippen molar-refractivity contribution in [2.45, 2.75) is 32.7 Å². The van der Waals surface area contributed by atoms with Gasteiger partial charge in [0, 0.05) is 19.1 Å². The summed E-state index contributed by atoms with van der Waals surface area (Å²) >= 11 is 0. The van der Waals surface area contributed by atoms with Crippen molar-refractivity contribution >= 4 is 0 Å². The molecule has 1 fully saturated rings. The Labute approximate surface area is 80.3 Å². The van der Waals surface area contributed by atoms with E-state index in [9.17, 15) is 4.39 Å². The van der Waals surface area contributed by atoms with Gasteiger partial charge in [0.1, 0.15) is 0 Å². The summed E-state index contributed by atoms with van der Waals surface area (Å²) in [6, 6.07) is 0.300. The molecule has 1 saturated heterocycles. The summed E-state index contributed by atoms with van der Waals surface area (Å²) in [5, 5.41) is 0. The van der Waals surface area contributed by atoms with Crippen molar-refractivity contribution in [2.24, 2.45) is 11.1 Å². The molecule has 2 N–H and O–H groups in total. The van der Waals surface area contributed by atoms with E-state index in [1.807, 2.05) is 0 Å². The summed E-state index contributed by atoms with van der Waals surface area (Å²) in [4.78, 5) is 2.32. The number of hydrogen-bond acceptors (Lipinski definition) is 2. The van der Waals surface area contributed by atoms with Gasteiger partial charge in [0.25, 0.3) is 0 Å². The summed E-state index contributed by atoms with van der Waals surface area (Å²) in [5.41, 5.74) is 6.19. The minimum atomic E-state index is -0.205. The Morgan fingerprint density at radius 1 is 1.54 bits per heavy atom. The molecule has 0 aromatic heterocycles. The van der Waals surface area contributed by atoms with Crippen LogP contribution in [0.5, 0.6) is 0 Å². The van der Waals surface area contributed by atoms with Crippen LogP contribution in [-0.4, -0.2) is 37.3 Å². The first-order chi connectivity index (χ1) is 6.06. The molecular weight excluding hydrogens is 167 g/mol. The Bertz CT molecular complexity index is 157. The Hall–Kier alpha value is -0.150. The minimum absolute atomic E-state index is 0.189. The first-order valence-corrected chi connectivity index (χ1v) is 5.10. The van der Waals surface area contributed by atoms with Crippen molar-refractivity contribution in [3.63, 3.8) is 0 Å². The summed E-state index contributed by atoms with van der Waals surface area (Å²) < 4.78 is 12.0. The first-order valence-electron chi connectivity index (χ1n) is 5.10. The van der Waals surface area contributed by atoms with E-state index in [0.717, 1.165) is 26.1 Å². The topological polar surface area (TPSA) is 29.3 Å². The van der Waals surface area contributed by atoms with Crippen molar-refractivity contribution in [2.75, 3.05) is 26.3 Å². The van der Waals surface area contributed by atoms with Crippen molar-refractivity contribution in [1.82, 2.24) is 4.90 Å². The standard InChI is InChI=1S/C10H21FN2/c1-10(2)8-13(6-3-5-11)7-4-9(10)12/h9H,3-8,12H2,1-2H3. The lowest BCUT2D eigenvalue weighted by Gasteiger charge is -2.42. The maximum atomic E-state index is 12.0. The average Bonchev–Trinajstić information content (AvgIpc) is 2.07. The maximum absolute atomic E-state index is 12.0. The van der Waals surface area contributed by atoms with Gasteiger partial charge in [0.05, 0.1) is 6.67 Å². The third-order valence-corrected chi connectivity index (χ3v) is 3.00. The van der Waals surface area contributed by atoms with Crippen LogP contribution >= 0.6 is 0 Å². The highest BCUT2D eigenvalue weighted by Crippen LogP contribution is 2.27. The number of piperidine rings is 1. The molecule has 0 spiro atoms. The Balaban J connectivity index is 2.37. The highest BCUT2D eigenvalue weighted by atomic mass is 19.1. The van der Waals surface area contributed by atoms with E-state index in [1.54, 1.807) is 0 Å². The lowest BCUT2D eigenvalue weighted by atomic mass is 9.80. The number of nitrogens with zero attached hydrogens (tertiary/aromatic N) is 1. The molecular formula is C10H21FN2. The predicted octanol–water partition coefficient (Wildman–Crippen LogP) is 1.41. The number of nitrogens with two attached hydrogens (primary N) is 1. The molecule has 0 aliphatic carbocycles. The lowest BCUT2D eigenvalue weighted by Crippen LogP contribution is -2.52. The van der Waals surface area contributed by atoms with E-state index >= 15 is 0 Å². The van der Waals surface area contributed by atoms with E-state index in [-0.39, 0.29) is 12.1 Å². The summed E-state index contributed by atoms with van der Waals surface area (Å²) in [7, 11) is 0. The Kier molecular flexibility index (Phi) is 3.68. The third kappa shape index (κ3) is 2.92. The number of likely N-dealkylation sites (tertiary alicyclic amines) is 1. The first kappa shape index (κ1) is 10.9. The van der Waals surface area contributed by atoms with Crippen molar-refractivity contribution in [3.8, 4) is 0 Å². The van der Waals surface area contributed by atoms with Crippen molar-refractivity contribution in [3.05, 3.63) is 0 Å². The zero-order valence-electron chi connectivity index (χ0n) is 8.72. The average molecular weight is 188 g/mol. The van der Waals surface area contributed by atoms with E-state index < -0.39 is 0 Å².